The van der Waals surface area contributed by atoms with Gasteiger partial charge in [0.05, 0.1) is 49.1 Å². The summed E-state index contributed by atoms with van der Waals surface area (Å²) in [7, 11) is 0. The van der Waals surface area contributed by atoms with E-state index in [1.54, 1.807) is 0 Å². The van der Waals surface area contributed by atoms with Gasteiger partial charge in [0.15, 0.2) is 0 Å². The van der Waals surface area contributed by atoms with Gasteiger partial charge in [0.25, 0.3) is 5.91 Å². The summed E-state index contributed by atoms with van der Waals surface area (Å²) in [6.45, 7) is 2.12. The number of amides is 1. The van der Waals surface area contributed by atoms with Gasteiger partial charge in [-0.25, -0.2) is 23.1 Å². The molecule has 4 heterocycles. The van der Waals surface area contributed by atoms with E-state index in [4.69, 9.17) is 4.74 Å². The molecule has 180 valence electrons. The van der Waals surface area contributed by atoms with Gasteiger partial charge in [-0.2, -0.15) is 0 Å². The lowest BCUT2D eigenvalue weighted by molar-refractivity contribution is -0.125. The Morgan fingerprint density at radius 3 is 2.91 bits per heavy atom. The number of aliphatic imine (C=N–C) groups is 1. The standard InChI is InChI=1S/C23H24F3N5O3/c1-11-14(4-12(24)5-15(11)26)18-6-13(25)8-31(18)23(33)21-20-16(7-27-21)28-10-29-22(20)30-17-9-34-3-2-19(17)32/h4-5,10,13,17-19,32H,2-3,6-9H2,1H3,(H,28,29,30)/t13-,17+,18+,19+/m0/s1. The van der Waals surface area contributed by atoms with Gasteiger partial charge < -0.3 is 20.1 Å². The third-order valence-electron chi connectivity index (χ3n) is 6.61. The first kappa shape index (κ1) is 22.7. The van der Waals surface area contributed by atoms with Crippen LogP contribution in [0.3, 0.4) is 0 Å². The number of carbonyl (C=O) groups is 1. The lowest BCUT2D eigenvalue weighted by Crippen LogP contribution is -2.43. The normalized spacial score (nSPS) is 26.4. The number of carbonyl (C=O) groups excluding carboxylic acids is 1. The Balaban J connectivity index is 1.46. The van der Waals surface area contributed by atoms with Gasteiger partial charge in [-0.1, -0.05) is 0 Å². The molecule has 11 heteroatoms. The van der Waals surface area contributed by atoms with E-state index in [0.717, 1.165) is 12.1 Å². The van der Waals surface area contributed by atoms with E-state index in [-0.39, 0.29) is 43.0 Å². The van der Waals surface area contributed by atoms with Gasteiger partial charge in [0, 0.05) is 19.1 Å². The van der Waals surface area contributed by atoms with E-state index in [0.29, 0.717) is 30.1 Å². The molecule has 0 radical (unpaired) electrons. The number of hydrogen-bond donors (Lipinski definition) is 2. The van der Waals surface area contributed by atoms with E-state index < -0.39 is 41.9 Å². The Morgan fingerprint density at radius 2 is 2.12 bits per heavy atom. The Bertz CT molecular complexity index is 1160. The fraction of sp³-hybridized carbons (Fsp3) is 0.478. The largest absolute Gasteiger partial charge is 0.391 e. The van der Waals surface area contributed by atoms with Crippen LogP contribution in [0.15, 0.2) is 23.5 Å². The van der Waals surface area contributed by atoms with Crippen LogP contribution in [0.1, 0.15) is 41.3 Å². The Hall–Kier alpha value is -3.05. The molecule has 2 aromatic rings. The molecular weight excluding hydrogens is 451 g/mol. The maximum Gasteiger partial charge on any atom is 0.273 e. The van der Waals surface area contributed by atoms with Crippen molar-refractivity contribution in [2.24, 2.45) is 4.99 Å². The third-order valence-corrected chi connectivity index (χ3v) is 6.61. The molecule has 0 spiro atoms. The Kier molecular flexibility index (Phi) is 5.98. The van der Waals surface area contributed by atoms with Crippen molar-refractivity contribution in [2.45, 2.75) is 50.7 Å². The topological polar surface area (TPSA) is 99.9 Å². The van der Waals surface area contributed by atoms with Gasteiger partial charge in [-0.05, 0) is 30.5 Å². The fourth-order valence-electron chi connectivity index (χ4n) is 4.80. The second kappa shape index (κ2) is 8.95. The van der Waals surface area contributed by atoms with Crippen LogP contribution in [0, 0.1) is 18.6 Å². The number of benzene rings is 1. The summed E-state index contributed by atoms with van der Waals surface area (Å²) in [5, 5.41) is 13.4. The second-order valence-corrected chi connectivity index (χ2v) is 8.80. The van der Waals surface area contributed by atoms with Crippen LogP contribution in [0.4, 0.5) is 19.0 Å². The summed E-state index contributed by atoms with van der Waals surface area (Å²) in [5.74, 6) is -1.78. The molecule has 8 nitrogen and oxygen atoms in total. The van der Waals surface area contributed by atoms with Crippen molar-refractivity contribution < 1.29 is 27.8 Å². The molecule has 0 aliphatic carbocycles. The van der Waals surface area contributed by atoms with E-state index in [9.17, 15) is 23.1 Å². The van der Waals surface area contributed by atoms with Crippen LogP contribution < -0.4 is 5.32 Å². The predicted octanol–water partition coefficient (Wildman–Crippen LogP) is 2.24. The third kappa shape index (κ3) is 4.03. The summed E-state index contributed by atoms with van der Waals surface area (Å²) in [5.41, 5.74) is 1.36. The second-order valence-electron chi connectivity index (χ2n) is 8.80. The van der Waals surface area contributed by atoms with Crippen LogP contribution in [0.5, 0.6) is 0 Å². The maximum atomic E-state index is 14.5. The van der Waals surface area contributed by atoms with Gasteiger partial charge in [0.1, 0.15) is 35.7 Å². The summed E-state index contributed by atoms with van der Waals surface area (Å²) in [6, 6.07) is 0.640. The highest BCUT2D eigenvalue weighted by atomic mass is 19.1. The molecule has 2 fully saturated rings. The summed E-state index contributed by atoms with van der Waals surface area (Å²) < 4.78 is 48.1. The maximum absolute atomic E-state index is 14.5. The highest BCUT2D eigenvalue weighted by Crippen LogP contribution is 2.38. The molecule has 4 atom stereocenters. The molecule has 1 aromatic carbocycles. The number of alkyl halides is 1. The monoisotopic (exact) mass is 475 g/mol. The van der Waals surface area contributed by atoms with Gasteiger partial charge >= 0.3 is 0 Å². The number of hydrogen-bond acceptors (Lipinski definition) is 7. The highest BCUT2D eigenvalue weighted by Gasteiger charge is 2.41. The van der Waals surface area contributed by atoms with E-state index in [1.807, 2.05) is 0 Å². The van der Waals surface area contributed by atoms with Crippen LogP contribution in [-0.4, -0.2) is 69.7 Å². The SMILES string of the molecule is Cc1c(F)cc(F)cc1[C@H]1C[C@H](F)CN1C(=O)C1=NCc2ncnc(N[C@@H]3COCC[C@H]3O)c21. The highest BCUT2D eigenvalue weighted by molar-refractivity contribution is 6.47. The first-order valence-electron chi connectivity index (χ1n) is 11.1. The minimum absolute atomic E-state index is 0.0537. The molecule has 0 bridgehead atoms. The number of aromatic nitrogens is 2. The van der Waals surface area contributed by atoms with Crippen molar-refractivity contribution in [3.05, 3.63) is 52.5 Å². The van der Waals surface area contributed by atoms with Gasteiger partial charge in [-0.15, -0.1) is 0 Å². The van der Waals surface area contributed by atoms with Crippen molar-refractivity contribution >= 4 is 17.4 Å². The quantitative estimate of drug-likeness (QED) is 0.704. The number of nitrogens with zero attached hydrogens (tertiary/aromatic N) is 4. The number of rotatable bonds is 4. The molecule has 1 amide bonds. The average Bonchev–Trinajstić information content (AvgIpc) is 3.41. The number of fused-ring (bicyclic) bond motifs is 1. The molecule has 1 aromatic heterocycles. The van der Waals surface area contributed by atoms with Gasteiger partial charge in [0.2, 0.25) is 0 Å². The van der Waals surface area contributed by atoms with Crippen LogP contribution >= 0.6 is 0 Å². The zero-order valence-corrected chi connectivity index (χ0v) is 18.5. The number of halogens is 3. The number of nitrogens with one attached hydrogen (secondary N) is 1. The average molecular weight is 475 g/mol. The first-order valence-corrected chi connectivity index (χ1v) is 11.1. The number of aliphatic hydroxyl groups is 1. The van der Waals surface area contributed by atoms with E-state index in [2.05, 4.69) is 20.3 Å². The number of ether oxygens (including phenoxy) is 1. The molecule has 34 heavy (non-hydrogen) atoms. The lowest BCUT2D eigenvalue weighted by atomic mass is 9.97. The molecular formula is C23H24F3N5O3. The van der Waals surface area contributed by atoms with Crippen molar-refractivity contribution in [1.82, 2.24) is 14.9 Å². The number of likely N-dealkylation sites (tertiary alicyclic amines) is 1. The van der Waals surface area contributed by atoms with Crippen LogP contribution in [0.2, 0.25) is 0 Å². The minimum Gasteiger partial charge on any atom is -0.391 e. The van der Waals surface area contributed by atoms with Crippen molar-refractivity contribution in [3.8, 4) is 0 Å². The van der Waals surface area contributed by atoms with E-state index >= 15 is 0 Å². The van der Waals surface area contributed by atoms with Gasteiger partial charge in [-0.3, -0.25) is 9.79 Å². The van der Waals surface area contributed by atoms with Crippen molar-refractivity contribution in [1.29, 1.82) is 0 Å². The zero-order valence-electron chi connectivity index (χ0n) is 18.5. The van der Waals surface area contributed by atoms with Crippen molar-refractivity contribution in [2.75, 3.05) is 25.1 Å². The lowest BCUT2D eigenvalue weighted by Gasteiger charge is -2.30. The molecule has 5 rings (SSSR count). The molecule has 0 unspecified atom stereocenters. The smallest absolute Gasteiger partial charge is 0.273 e. The van der Waals surface area contributed by atoms with E-state index in [1.165, 1.54) is 18.2 Å². The molecule has 3 aliphatic rings. The fourth-order valence-corrected chi connectivity index (χ4v) is 4.80. The van der Waals surface area contributed by atoms with Crippen LogP contribution in [0.25, 0.3) is 0 Å². The summed E-state index contributed by atoms with van der Waals surface area (Å²) in [4.78, 5) is 27.7. The minimum atomic E-state index is -1.35. The molecule has 2 saturated heterocycles. The van der Waals surface area contributed by atoms with Crippen molar-refractivity contribution in [3.63, 3.8) is 0 Å². The summed E-state index contributed by atoms with van der Waals surface area (Å²) in [6.07, 6.45) is -0.271. The Morgan fingerprint density at radius 1 is 1.29 bits per heavy atom. The Labute approximate surface area is 193 Å². The number of aliphatic hydroxyl groups excluding tert-OH is 1. The molecule has 0 saturated carbocycles. The zero-order chi connectivity index (χ0) is 24.0. The first-order chi connectivity index (χ1) is 16.3. The van der Waals surface area contributed by atoms with Crippen LogP contribution in [-0.2, 0) is 16.1 Å². The summed E-state index contributed by atoms with van der Waals surface area (Å²) >= 11 is 0. The predicted molar refractivity (Wildman–Crippen MR) is 116 cm³/mol. The molecule has 2 N–H and O–H groups in total. The molecule has 3 aliphatic heterocycles. The number of anilines is 1.